The molecule has 0 aliphatic carbocycles. The van der Waals surface area contributed by atoms with Crippen molar-refractivity contribution in [3.63, 3.8) is 0 Å². The summed E-state index contributed by atoms with van der Waals surface area (Å²) >= 11 is 5.28. The zero-order valence-electron chi connectivity index (χ0n) is 17.7. The van der Waals surface area contributed by atoms with Crippen LogP contribution in [0, 0.1) is 0 Å². The summed E-state index contributed by atoms with van der Waals surface area (Å²) in [5, 5.41) is 15.0. The summed E-state index contributed by atoms with van der Waals surface area (Å²) in [6.07, 6.45) is 0. The number of nitrogens with one attached hydrogen (secondary N) is 2. The van der Waals surface area contributed by atoms with Crippen molar-refractivity contribution < 1.29 is 19.1 Å². The van der Waals surface area contributed by atoms with Gasteiger partial charge in [0.05, 0.1) is 0 Å². The maximum atomic E-state index is 12.6. The minimum Gasteiger partial charge on any atom is -0.489 e. The van der Waals surface area contributed by atoms with Crippen LogP contribution in [0.5, 0.6) is 5.75 Å². The first kappa shape index (κ1) is 22.3. The summed E-state index contributed by atoms with van der Waals surface area (Å²) in [6.45, 7) is 0.275. The van der Waals surface area contributed by atoms with Crippen molar-refractivity contribution in [3.05, 3.63) is 108 Å². The monoisotopic (exact) mass is 458 g/mol. The quantitative estimate of drug-likeness (QED) is 0.333. The summed E-state index contributed by atoms with van der Waals surface area (Å²) in [6, 6.07) is 27.7. The normalized spacial score (nSPS) is 10.5. The maximum absolute atomic E-state index is 12.6. The molecule has 0 radical (unpaired) electrons. The molecular formula is C26H22N2O4S. The third-order valence-corrected chi connectivity index (χ3v) is 5.02. The highest BCUT2D eigenvalue weighted by Crippen LogP contribution is 2.24. The van der Waals surface area contributed by atoms with Crippen LogP contribution >= 0.6 is 12.2 Å². The van der Waals surface area contributed by atoms with Gasteiger partial charge in [0.1, 0.15) is 30.5 Å². The minimum absolute atomic E-state index is 0.143. The van der Waals surface area contributed by atoms with E-state index in [0.717, 1.165) is 16.8 Å². The summed E-state index contributed by atoms with van der Waals surface area (Å²) < 4.78 is 11.3. The third-order valence-electron chi connectivity index (χ3n) is 4.82. The van der Waals surface area contributed by atoms with E-state index < -0.39 is 0 Å². The number of aliphatic hydroxyl groups is 1. The van der Waals surface area contributed by atoms with Crippen LogP contribution in [0.1, 0.15) is 21.7 Å². The fraction of sp³-hybridized carbons (Fsp3) is 0.0769. The molecule has 0 atom stereocenters. The van der Waals surface area contributed by atoms with E-state index in [1.807, 2.05) is 54.6 Å². The Hall–Kier alpha value is -3.94. The summed E-state index contributed by atoms with van der Waals surface area (Å²) in [5.41, 5.74) is 3.07. The topological polar surface area (TPSA) is 83.7 Å². The molecule has 6 nitrogen and oxygen atoms in total. The Morgan fingerprint density at radius 3 is 2.45 bits per heavy atom. The average molecular weight is 459 g/mol. The van der Waals surface area contributed by atoms with Gasteiger partial charge in [0.2, 0.25) is 0 Å². The van der Waals surface area contributed by atoms with Crippen LogP contribution < -0.4 is 15.4 Å². The molecule has 0 unspecified atom stereocenters. The molecule has 0 bridgehead atoms. The number of furan rings is 1. The molecule has 0 aliphatic heterocycles. The van der Waals surface area contributed by atoms with Gasteiger partial charge < -0.3 is 19.6 Å². The number of carbonyl (C=O) groups excluding carboxylic acids is 1. The Morgan fingerprint density at radius 2 is 1.73 bits per heavy atom. The molecule has 1 heterocycles. The molecular weight excluding hydrogens is 436 g/mol. The van der Waals surface area contributed by atoms with Gasteiger partial charge >= 0.3 is 0 Å². The van der Waals surface area contributed by atoms with Crippen molar-refractivity contribution >= 4 is 28.9 Å². The summed E-state index contributed by atoms with van der Waals surface area (Å²) in [7, 11) is 0. The number of hydrogen-bond donors (Lipinski definition) is 3. The number of amides is 1. The Balaban J connectivity index is 1.32. The molecule has 0 saturated carbocycles. The van der Waals surface area contributed by atoms with Gasteiger partial charge in [-0.3, -0.25) is 10.1 Å². The fourth-order valence-corrected chi connectivity index (χ4v) is 3.35. The number of carbonyl (C=O) groups is 1. The van der Waals surface area contributed by atoms with Crippen molar-refractivity contribution in [1.82, 2.24) is 5.32 Å². The molecule has 3 N–H and O–H groups in total. The van der Waals surface area contributed by atoms with Crippen LogP contribution in [0.4, 0.5) is 5.69 Å². The van der Waals surface area contributed by atoms with Gasteiger partial charge in [-0.1, -0.05) is 36.4 Å². The van der Waals surface area contributed by atoms with E-state index in [-0.39, 0.29) is 17.6 Å². The van der Waals surface area contributed by atoms with E-state index >= 15 is 0 Å². The molecule has 166 valence electrons. The van der Waals surface area contributed by atoms with Crippen LogP contribution in [0.3, 0.4) is 0 Å². The van der Waals surface area contributed by atoms with Gasteiger partial charge in [-0.2, -0.15) is 0 Å². The summed E-state index contributed by atoms with van der Waals surface area (Å²) in [4.78, 5) is 12.6. The van der Waals surface area contributed by atoms with Crippen LogP contribution in [-0.4, -0.2) is 16.1 Å². The fourth-order valence-electron chi connectivity index (χ4n) is 3.14. The number of rotatable bonds is 7. The first-order valence-corrected chi connectivity index (χ1v) is 10.7. The average Bonchev–Trinajstić information content (AvgIpc) is 3.33. The van der Waals surface area contributed by atoms with Crippen LogP contribution in [0.15, 0.2) is 95.4 Å². The lowest BCUT2D eigenvalue weighted by molar-refractivity contribution is 0.0977. The molecule has 1 aromatic heterocycles. The molecule has 0 aliphatic rings. The van der Waals surface area contributed by atoms with E-state index in [4.69, 9.17) is 26.5 Å². The molecule has 7 heteroatoms. The lowest BCUT2D eigenvalue weighted by Crippen LogP contribution is -2.34. The van der Waals surface area contributed by atoms with Gasteiger partial charge in [-0.15, -0.1) is 0 Å². The number of benzene rings is 3. The van der Waals surface area contributed by atoms with Gasteiger partial charge in [-0.25, -0.2) is 0 Å². The first-order valence-electron chi connectivity index (χ1n) is 10.3. The molecule has 0 fully saturated rings. The largest absolute Gasteiger partial charge is 0.489 e. The lowest BCUT2D eigenvalue weighted by Gasteiger charge is -2.11. The summed E-state index contributed by atoms with van der Waals surface area (Å²) in [5.74, 6) is 1.44. The molecule has 3 aromatic carbocycles. The lowest BCUT2D eigenvalue weighted by atomic mass is 10.1. The van der Waals surface area contributed by atoms with Gasteiger partial charge in [0.25, 0.3) is 5.91 Å². The Kier molecular flexibility index (Phi) is 7.14. The molecule has 4 aromatic rings. The second-order valence-corrected chi connectivity index (χ2v) is 7.62. The van der Waals surface area contributed by atoms with Crippen LogP contribution in [0.2, 0.25) is 0 Å². The molecule has 33 heavy (non-hydrogen) atoms. The molecule has 0 saturated heterocycles. The van der Waals surface area contributed by atoms with E-state index in [1.54, 1.807) is 36.4 Å². The minimum atomic E-state index is -0.332. The smallest absolute Gasteiger partial charge is 0.257 e. The van der Waals surface area contributed by atoms with Crippen LogP contribution in [0.25, 0.3) is 11.3 Å². The van der Waals surface area contributed by atoms with Gasteiger partial charge in [-0.05, 0) is 72.4 Å². The zero-order valence-corrected chi connectivity index (χ0v) is 18.5. The van der Waals surface area contributed by atoms with E-state index in [0.29, 0.717) is 29.4 Å². The third kappa shape index (κ3) is 6.06. The number of anilines is 1. The standard InChI is InChI=1S/C26H22N2O4S/c29-16-23-13-14-24(32-23)19-9-11-21(12-10-19)27-26(33)28-25(30)20-7-4-8-22(15-20)31-17-18-5-2-1-3-6-18/h1-15,29H,16-17H2,(H2,27,28,30,33). The number of ether oxygens (including phenoxy) is 1. The Morgan fingerprint density at radius 1 is 0.939 bits per heavy atom. The SMILES string of the molecule is O=C(NC(=S)Nc1ccc(-c2ccc(CO)o2)cc1)c1cccc(OCc2ccccc2)c1. The second-order valence-electron chi connectivity index (χ2n) is 7.21. The van der Waals surface area contributed by atoms with Crippen molar-refractivity contribution in [3.8, 4) is 17.1 Å². The molecule has 1 amide bonds. The molecule has 0 spiro atoms. The highest BCUT2D eigenvalue weighted by Gasteiger charge is 2.10. The number of thiocarbonyl (C=S) groups is 1. The Labute approximate surface area is 196 Å². The highest BCUT2D eigenvalue weighted by atomic mass is 32.1. The Bertz CT molecular complexity index is 1240. The van der Waals surface area contributed by atoms with Crippen molar-refractivity contribution in [2.24, 2.45) is 0 Å². The van der Waals surface area contributed by atoms with E-state index in [1.165, 1.54) is 0 Å². The van der Waals surface area contributed by atoms with E-state index in [2.05, 4.69) is 10.6 Å². The predicted octanol–water partition coefficient (Wildman–Crippen LogP) is 5.14. The predicted molar refractivity (Wildman–Crippen MR) is 131 cm³/mol. The van der Waals surface area contributed by atoms with Gasteiger partial charge in [0.15, 0.2) is 5.11 Å². The second kappa shape index (κ2) is 10.6. The van der Waals surface area contributed by atoms with Gasteiger partial charge in [0, 0.05) is 16.8 Å². The van der Waals surface area contributed by atoms with Crippen LogP contribution in [-0.2, 0) is 13.2 Å². The van der Waals surface area contributed by atoms with Crippen molar-refractivity contribution in [2.75, 3.05) is 5.32 Å². The maximum Gasteiger partial charge on any atom is 0.257 e. The first-order chi connectivity index (χ1) is 16.1. The zero-order chi connectivity index (χ0) is 23.0. The highest BCUT2D eigenvalue weighted by molar-refractivity contribution is 7.80. The number of hydrogen-bond acceptors (Lipinski definition) is 5. The van der Waals surface area contributed by atoms with E-state index in [9.17, 15) is 4.79 Å². The van der Waals surface area contributed by atoms with Crippen molar-refractivity contribution in [2.45, 2.75) is 13.2 Å². The molecule has 4 rings (SSSR count). The number of aliphatic hydroxyl groups excluding tert-OH is 1. The van der Waals surface area contributed by atoms with Crippen molar-refractivity contribution in [1.29, 1.82) is 0 Å².